The Morgan fingerprint density at radius 1 is 1.22 bits per heavy atom. The highest BCUT2D eigenvalue weighted by Gasteiger charge is 2.24. The molecule has 1 aliphatic rings. The van der Waals surface area contributed by atoms with E-state index in [2.05, 4.69) is 26.3 Å². The maximum atomic E-state index is 5.22. The van der Waals surface area contributed by atoms with Crippen molar-refractivity contribution >= 4 is 16.9 Å². The Hall–Kier alpha value is -2.62. The molecule has 1 aliphatic heterocycles. The molecule has 0 amide bonds. The number of aromatic nitrogens is 5. The number of nitrogens with one attached hydrogen (secondary N) is 3. The predicted octanol–water partition coefficient (Wildman–Crippen LogP) is 1.03. The van der Waals surface area contributed by atoms with Gasteiger partial charge in [0.1, 0.15) is 5.82 Å². The van der Waals surface area contributed by atoms with Gasteiger partial charge < -0.3 is 10.1 Å². The smallest absolute Gasteiger partial charge is 0.164 e. The molecule has 9 heteroatoms. The summed E-state index contributed by atoms with van der Waals surface area (Å²) in [5.74, 6) is 1.46. The van der Waals surface area contributed by atoms with E-state index in [9.17, 15) is 0 Å². The van der Waals surface area contributed by atoms with Crippen LogP contribution in [0.3, 0.4) is 0 Å². The van der Waals surface area contributed by atoms with Crippen molar-refractivity contribution in [1.29, 1.82) is 0 Å². The topological polar surface area (TPSA) is 102 Å². The van der Waals surface area contributed by atoms with Gasteiger partial charge in [-0.25, -0.2) is 9.97 Å². The lowest BCUT2D eigenvalue weighted by Crippen LogP contribution is -2.37. The Kier molecular flexibility index (Phi) is 4.97. The first-order valence-corrected chi connectivity index (χ1v) is 9.01. The average molecular weight is 368 g/mol. The van der Waals surface area contributed by atoms with E-state index in [4.69, 9.17) is 14.7 Å². The summed E-state index contributed by atoms with van der Waals surface area (Å²) < 4.78 is 7.02. The molecular formula is C18H24N8O. The molecule has 0 aliphatic carbocycles. The number of hydrazine groups is 1. The van der Waals surface area contributed by atoms with Crippen LogP contribution < -0.4 is 16.2 Å². The molecule has 2 unspecified atom stereocenters. The SMILES string of the molecule is COCC1CC(CNc2nc(-c3ccncc3)nc3c2c(C)nn3C)NN1. The molecule has 0 bridgehead atoms. The van der Waals surface area contributed by atoms with E-state index in [0.717, 1.165) is 41.1 Å². The quantitative estimate of drug-likeness (QED) is 0.593. The van der Waals surface area contributed by atoms with Gasteiger partial charge in [0, 0.05) is 50.7 Å². The van der Waals surface area contributed by atoms with Gasteiger partial charge in [-0.3, -0.25) is 20.5 Å². The summed E-state index contributed by atoms with van der Waals surface area (Å²) in [6, 6.07) is 4.43. The van der Waals surface area contributed by atoms with Crippen LogP contribution in [0.25, 0.3) is 22.4 Å². The number of hydrogen-bond acceptors (Lipinski definition) is 8. The van der Waals surface area contributed by atoms with Crippen molar-refractivity contribution in [3.63, 3.8) is 0 Å². The van der Waals surface area contributed by atoms with Gasteiger partial charge in [0.15, 0.2) is 11.5 Å². The van der Waals surface area contributed by atoms with Crippen molar-refractivity contribution in [2.24, 2.45) is 7.05 Å². The summed E-state index contributed by atoms with van der Waals surface area (Å²) in [4.78, 5) is 13.6. The van der Waals surface area contributed by atoms with E-state index in [1.807, 2.05) is 26.1 Å². The number of anilines is 1. The van der Waals surface area contributed by atoms with Crippen LogP contribution in [0.1, 0.15) is 12.1 Å². The molecule has 27 heavy (non-hydrogen) atoms. The van der Waals surface area contributed by atoms with Crippen LogP contribution in [0.2, 0.25) is 0 Å². The highest BCUT2D eigenvalue weighted by Crippen LogP contribution is 2.27. The van der Waals surface area contributed by atoms with Crippen LogP contribution in [0, 0.1) is 6.92 Å². The standard InChI is InChI=1S/C18H24N8O/c1-11-15-17(20-9-13-8-14(10-27-3)24-23-13)21-16(12-4-6-19-7-5-12)22-18(15)26(2)25-11/h4-7,13-14,23-24H,8-10H2,1-3H3,(H,20,21,22). The lowest BCUT2D eigenvalue weighted by atomic mass is 10.1. The fourth-order valence-corrected chi connectivity index (χ4v) is 3.46. The fourth-order valence-electron chi connectivity index (χ4n) is 3.46. The Bertz CT molecular complexity index is 926. The highest BCUT2D eigenvalue weighted by molar-refractivity contribution is 5.90. The van der Waals surface area contributed by atoms with Crippen LogP contribution in [0.15, 0.2) is 24.5 Å². The predicted molar refractivity (Wildman–Crippen MR) is 103 cm³/mol. The molecule has 0 aromatic carbocycles. The van der Waals surface area contributed by atoms with E-state index >= 15 is 0 Å². The van der Waals surface area contributed by atoms with Crippen molar-refractivity contribution < 1.29 is 4.74 Å². The molecule has 1 fully saturated rings. The van der Waals surface area contributed by atoms with Gasteiger partial charge in [0.05, 0.1) is 17.7 Å². The molecular weight excluding hydrogens is 344 g/mol. The van der Waals surface area contributed by atoms with E-state index in [1.54, 1.807) is 24.2 Å². The normalized spacial score (nSPS) is 19.7. The number of hydrogen-bond donors (Lipinski definition) is 3. The van der Waals surface area contributed by atoms with Crippen molar-refractivity contribution in [2.75, 3.05) is 25.6 Å². The first-order valence-electron chi connectivity index (χ1n) is 9.01. The monoisotopic (exact) mass is 368 g/mol. The number of rotatable bonds is 6. The lowest BCUT2D eigenvalue weighted by Gasteiger charge is -2.13. The van der Waals surface area contributed by atoms with Gasteiger partial charge in [-0.15, -0.1) is 0 Å². The fraction of sp³-hybridized carbons (Fsp3) is 0.444. The molecule has 142 valence electrons. The Balaban J connectivity index is 1.63. The minimum atomic E-state index is 0.288. The Morgan fingerprint density at radius 3 is 2.78 bits per heavy atom. The second kappa shape index (κ2) is 7.55. The molecule has 0 saturated carbocycles. The number of aryl methyl sites for hydroxylation is 2. The Labute approximate surface area is 157 Å². The summed E-state index contributed by atoms with van der Waals surface area (Å²) in [5.41, 5.74) is 9.22. The highest BCUT2D eigenvalue weighted by atomic mass is 16.5. The molecule has 3 aromatic rings. The molecule has 9 nitrogen and oxygen atoms in total. The third kappa shape index (κ3) is 3.61. The van der Waals surface area contributed by atoms with Crippen molar-refractivity contribution in [2.45, 2.75) is 25.4 Å². The zero-order chi connectivity index (χ0) is 18.8. The second-order valence-corrected chi connectivity index (χ2v) is 6.79. The van der Waals surface area contributed by atoms with Gasteiger partial charge in [0.2, 0.25) is 0 Å². The number of fused-ring (bicyclic) bond motifs is 1. The van der Waals surface area contributed by atoms with Crippen molar-refractivity contribution in [1.82, 2.24) is 35.6 Å². The lowest BCUT2D eigenvalue weighted by molar-refractivity contribution is 0.171. The van der Waals surface area contributed by atoms with Crippen molar-refractivity contribution in [3.05, 3.63) is 30.2 Å². The van der Waals surface area contributed by atoms with Crippen LogP contribution in [0.4, 0.5) is 5.82 Å². The summed E-state index contributed by atoms with van der Waals surface area (Å²) in [6.45, 7) is 3.41. The summed E-state index contributed by atoms with van der Waals surface area (Å²) in [5, 5.41) is 8.97. The zero-order valence-electron chi connectivity index (χ0n) is 15.7. The molecule has 4 rings (SSSR count). The van der Waals surface area contributed by atoms with Crippen LogP contribution in [0.5, 0.6) is 0 Å². The van der Waals surface area contributed by atoms with E-state index in [1.165, 1.54) is 0 Å². The molecule has 1 saturated heterocycles. The van der Waals surface area contributed by atoms with Crippen molar-refractivity contribution in [3.8, 4) is 11.4 Å². The first-order chi connectivity index (χ1) is 13.2. The molecule has 3 aromatic heterocycles. The maximum absolute atomic E-state index is 5.22. The molecule has 0 radical (unpaired) electrons. The van der Waals surface area contributed by atoms with E-state index in [0.29, 0.717) is 18.5 Å². The summed E-state index contributed by atoms with van der Waals surface area (Å²) >= 11 is 0. The Morgan fingerprint density at radius 2 is 2.00 bits per heavy atom. The van der Waals surface area contributed by atoms with Crippen LogP contribution in [-0.4, -0.2) is 57.1 Å². The van der Waals surface area contributed by atoms with Gasteiger partial charge in [-0.05, 0) is 25.5 Å². The minimum Gasteiger partial charge on any atom is -0.383 e. The molecule has 2 atom stereocenters. The molecule has 3 N–H and O–H groups in total. The van der Waals surface area contributed by atoms with E-state index < -0.39 is 0 Å². The summed E-state index contributed by atoms with van der Waals surface area (Å²) in [7, 11) is 3.62. The summed E-state index contributed by atoms with van der Waals surface area (Å²) in [6.07, 6.45) is 4.47. The second-order valence-electron chi connectivity index (χ2n) is 6.79. The van der Waals surface area contributed by atoms with Crippen LogP contribution >= 0.6 is 0 Å². The van der Waals surface area contributed by atoms with E-state index in [-0.39, 0.29) is 6.04 Å². The number of pyridine rings is 1. The van der Waals surface area contributed by atoms with Gasteiger partial charge in [0.25, 0.3) is 0 Å². The van der Waals surface area contributed by atoms with Crippen LogP contribution in [-0.2, 0) is 11.8 Å². The van der Waals surface area contributed by atoms with Gasteiger partial charge in [-0.1, -0.05) is 0 Å². The van der Waals surface area contributed by atoms with Gasteiger partial charge in [-0.2, -0.15) is 5.10 Å². The number of methoxy groups -OCH3 is 1. The average Bonchev–Trinajstić information content (AvgIpc) is 3.25. The number of nitrogens with zero attached hydrogens (tertiary/aromatic N) is 5. The largest absolute Gasteiger partial charge is 0.383 e. The maximum Gasteiger partial charge on any atom is 0.164 e. The minimum absolute atomic E-state index is 0.288. The first kappa shape index (κ1) is 17.8. The molecule has 0 spiro atoms. The number of ether oxygens (including phenoxy) is 1. The third-order valence-corrected chi connectivity index (χ3v) is 4.74. The van der Waals surface area contributed by atoms with Gasteiger partial charge >= 0.3 is 0 Å². The zero-order valence-corrected chi connectivity index (χ0v) is 15.7. The third-order valence-electron chi connectivity index (χ3n) is 4.74. The molecule has 4 heterocycles.